The van der Waals surface area contributed by atoms with Crippen LogP contribution in [-0.2, 0) is 14.3 Å². The van der Waals surface area contributed by atoms with Gasteiger partial charge in [0.2, 0.25) is 5.79 Å². The van der Waals surface area contributed by atoms with Crippen LogP contribution in [0.2, 0.25) is 0 Å². The summed E-state index contributed by atoms with van der Waals surface area (Å²) in [5.74, 6) is -1.02. The third kappa shape index (κ3) is 2.50. The Bertz CT molecular complexity index is 302. The summed E-state index contributed by atoms with van der Waals surface area (Å²) in [5.41, 5.74) is 0.433. The molecule has 2 unspecified atom stereocenters. The zero-order valence-corrected chi connectivity index (χ0v) is 9.83. The van der Waals surface area contributed by atoms with Gasteiger partial charge in [-0.05, 0) is 13.8 Å². The van der Waals surface area contributed by atoms with E-state index in [1.807, 2.05) is 6.92 Å². The first kappa shape index (κ1) is 12.0. The van der Waals surface area contributed by atoms with E-state index < -0.39 is 11.9 Å². The fourth-order valence-corrected chi connectivity index (χ4v) is 1.42. The fraction of sp³-hybridized carbons (Fsp3) is 0.727. The van der Waals surface area contributed by atoms with Gasteiger partial charge in [-0.15, -0.1) is 0 Å². The normalized spacial score (nSPS) is 24.3. The van der Waals surface area contributed by atoms with E-state index in [1.54, 1.807) is 27.7 Å². The summed E-state index contributed by atoms with van der Waals surface area (Å²) in [7, 11) is 0. The molecule has 15 heavy (non-hydrogen) atoms. The van der Waals surface area contributed by atoms with Crippen LogP contribution in [-0.4, -0.2) is 23.0 Å². The molecule has 0 aromatic carbocycles. The van der Waals surface area contributed by atoms with Gasteiger partial charge in [-0.3, -0.25) is 0 Å². The summed E-state index contributed by atoms with van der Waals surface area (Å²) >= 11 is 0. The van der Waals surface area contributed by atoms with E-state index in [2.05, 4.69) is 0 Å². The van der Waals surface area contributed by atoms with Gasteiger partial charge in [0.15, 0.2) is 0 Å². The highest BCUT2D eigenvalue weighted by Gasteiger charge is 2.36. The molecule has 0 fully saturated rings. The molecule has 0 aromatic heterocycles. The average molecular weight is 214 g/mol. The molecule has 86 valence electrons. The number of aliphatic hydroxyl groups excluding tert-OH is 1. The van der Waals surface area contributed by atoms with Gasteiger partial charge in [-0.25, -0.2) is 4.79 Å². The highest BCUT2D eigenvalue weighted by atomic mass is 16.7. The Morgan fingerprint density at radius 1 is 1.27 bits per heavy atom. The van der Waals surface area contributed by atoms with Crippen molar-refractivity contribution in [2.45, 2.75) is 46.5 Å². The molecule has 0 amide bonds. The molecule has 2 atom stereocenters. The molecule has 0 bridgehead atoms. The van der Waals surface area contributed by atoms with Crippen LogP contribution in [0.4, 0.5) is 0 Å². The highest BCUT2D eigenvalue weighted by molar-refractivity contribution is 5.89. The van der Waals surface area contributed by atoms with Crippen LogP contribution >= 0.6 is 0 Å². The number of hydrogen-bond acceptors (Lipinski definition) is 4. The molecule has 1 aliphatic heterocycles. The van der Waals surface area contributed by atoms with Crippen molar-refractivity contribution in [2.75, 3.05) is 0 Å². The predicted octanol–water partition coefficient (Wildman–Crippen LogP) is 1.59. The molecule has 0 aromatic rings. The summed E-state index contributed by atoms with van der Waals surface area (Å²) in [6.45, 7) is 8.48. The quantitative estimate of drug-likeness (QED) is 0.709. The molecular formula is C11H18O4. The molecule has 0 saturated heterocycles. The van der Waals surface area contributed by atoms with Gasteiger partial charge in [0, 0.05) is 19.8 Å². The molecule has 1 aliphatic rings. The minimum absolute atomic E-state index is 0.211. The molecule has 0 radical (unpaired) electrons. The van der Waals surface area contributed by atoms with Gasteiger partial charge in [-0.1, -0.05) is 6.92 Å². The lowest BCUT2D eigenvalue weighted by molar-refractivity contribution is -0.211. The Morgan fingerprint density at radius 3 is 2.27 bits per heavy atom. The first-order chi connectivity index (χ1) is 6.74. The van der Waals surface area contributed by atoms with Crippen molar-refractivity contribution in [2.24, 2.45) is 5.92 Å². The number of aliphatic hydroxyl groups is 1. The van der Waals surface area contributed by atoms with Gasteiger partial charge < -0.3 is 14.6 Å². The molecule has 1 N–H and O–H groups in total. The number of rotatable bonds is 2. The van der Waals surface area contributed by atoms with Crippen molar-refractivity contribution < 1.29 is 19.4 Å². The van der Waals surface area contributed by atoms with Crippen LogP contribution in [0, 0.1) is 5.92 Å². The summed E-state index contributed by atoms with van der Waals surface area (Å²) in [6, 6.07) is 0. The van der Waals surface area contributed by atoms with Gasteiger partial charge in [-0.2, -0.15) is 0 Å². The number of ether oxygens (including phenoxy) is 2. The molecule has 1 heterocycles. The summed E-state index contributed by atoms with van der Waals surface area (Å²) in [6.07, 6.45) is -0.559. The van der Waals surface area contributed by atoms with Crippen molar-refractivity contribution >= 4 is 5.97 Å². The van der Waals surface area contributed by atoms with Gasteiger partial charge in [0.25, 0.3) is 0 Å². The molecule has 0 aliphatic carbocycles. The van der Waals surface area contributed by atoms with E-state index >= 15 is 0 Å². The second-order valence-corrected chi connectivity index (χ2v) is 4.41. The van der Waals surface area contributed by atoms with Crippen LogP contribution in [0.3, 0.4) is 0 Å². The number of carbonyl (C=O) groups excluding carboxylic acids is 1. The maximum atomic E-state index is 11.5. The van der Waals surface area contributed by atoms with Crippen LogP contribution in [0.5, 0.6) is 0 Å². The SMILES string of the molecule is CC1=C(C(C)C(C)O)OC(C)(C)OC1=O. The zero-order chi connectivity index (χ0) is 11.8. The summed E-state index contributed by atoms with van der Waals surface area (Å²) in [5, 5.41) is 9.48. The lowest BCUT2D eigenvalue weighted by Gasteiger charge is -2.35. The Labute approximate surface area is 89.9 Å². The molecule has 1 rings (SSSR count). The van der Waals surface area contributed by atoms with E-state index in [1.165, 1.54) is 0 Å². The van der Waals surface area contributed by atoms with Crippen molar-refractivity contribution in [1.82, 2.24) is 0 Å². The van der Waals surface area contributed by atoms with E-state index in [4.69, 9.17) is 9.47 Å². The van der Waals surface area contributed by atoms with Crippen molar-refractivity contribution in [3.05, 3.63) is 11.3 Å². The fourth-order valence-electron chi connectivity index (χ4n) is 1.42. The molecule has 4 nitrogen and oxygen atoms in total. The van der Waals surface area contributed by atoms with E-state index in [0.29, 0.717) is 11.3 Å². The number of cyclic esters (lactones) is 1. The number of hydrogen-bond donors (Lipinski definition) is 1. The summed E-state index contributed by atoms with van der Waals surface area (Å²) in [4.78, 5) is 11.5. The van der Waals surface area contributed by atoms with E-state index in [9.17, 15) is 9.90 Å². The third-order valence-corrected chi connectivity index (χ3v) is 2.51. The van der Waals surface area contributed by atoms with E-state index in [-0.39, 0.29) is 11.9 Å². The van der Waals surface area contributed by atoms with Gasteiger partial charge >= 0.3 is 5.97 Å². The minimum atomic E-state index is -0.949. The predicted molar refractivity (Wildman–Crippen MR) is 54.8 cm³/mol. The molecule has 0 spiro atoms. The largest absolute Gasteiger partial charge is 0.456 e. The molecule has 0 saturated carbocycles. The van der Waals surface area contributed by atoms with Crippen LogP contribution in [0.1, 0.15) is 34.6 Å². The minimum Gasteiger partial charge on any atom is -0.456 e. The number of esters is 1. The maximum Gasteiger partial charge on any atom is 0.340 e. The van der Waals surface area contributed by atoms with Crippen molar-refractivity contribution in [1.29, 1.82) is 0 Å². The smallest absolute Gasteiger partial charge is 0.340 e. The van der Waals surface area contributed by atoms with Crippen LogP contribution in [0.15, 0.2) is 11.3 Å². The first-order valence-corrected chi connectivity index (χ1v) is 5.06. The maximum absolute atomic E-state index is 11.5. The molecular weight excluding hydrogens is 196 g/mol. The van der Waals surface area contributed by atoms with Crippen molar-refractivity contribution in [3.8, 4) is 0 Å². The second kappa shape index (κ2) is 3.85. The summed E-state index contributed by atoms with van der Waals surface area (Å²) < 4.78 is 10.6. The topological polar surface area (TPSA) is 55.8 Å². The third-order valence-electron chi connectivity index (χ3n) is 2.51. The Hall–Kier alpha value is -1.03. The Kier molecular flexibility index (Phi) is 3.09. The van der Waals surface area contributed by atoms with Crippen LogP contribution < -0.4 is 0 Å². The van der Waals surface area contributed by atoms with Gasteiger partial charge in [0.05, 0.1) is 11.7 Å². The Morgan fingerprint density at radius 2 is 1.80 bits per heavy atom. The standard InChI is InChI=1S/C11H18O4/c1-6(8(3)12)9-7(2)10(13)15-11(4,5)14-9/h6,8,12H,1-5H3. The first-order valence-electron chi connectivity index (χ1n) is 5.06. The van der Waals surface area contributed by atoms with Crippen molar-refractivity contribution in [3.63, 3.8) is 0 Å². The zero-order valence-electron chi connectivity index (χ0n) is 9.83. The lowest BCUT2D eigenvalue weighted by Crippen LogP contribution is -2.39. The molecule has 4 heteroatoms. The van der Waals surface area contributed by atoms with E-state index in [0.717, 1.165) is 0 Å². The monoisotopic (exact) mass is 214 g/mol. The highest BCUT2D eigenvalue weighted by Crippen LogP contribution is 2.31. The second-order valence-electron chi connectivity index (χ2n) is 4.41. The Balaban J connectivity index is 3.03. The van der Waals surface area contributed by atoms with Crippen LogP contribution in [0.25, 0.3) is 0 Å². The van der Waals surface area contributed by atoms with Gasteiger partial charge in [0.1, 0.15) is 5.76 Å². The average Bonchev–Trinajstić information content (AvgIpc) is 2.09. The lowest BCUT2D eigenvalue weighted by atomic mass is 9.99. The number of carbonyl (C=O) groups is 1.